The average molecular weight is 390 g/mol. The summed E-state index contributed by atoms with van der Waals surface area (Å²) in [6, 6.07) is 5.66. The third-order valence-corrected chi connectivity index (χ3v) is 5.58. The van der Waals surface area contributed by atoms with Gasteiger partial charge in [0.2, 0.25) is 0 Å². The van der Waals surface area contributed by atoms with Crippen LogP contribution in [0, 0.1) is 11.8 Å². The molecule has 1 saturated carbocycles. The Morgan fingerprint density at radius 1 is 1.37 bits per heavy atom. The Morgan fingerprint density at radius 3 is 3.00 bits per heavy atom. The Balaban J connectivity index is 1.52. The Bertz CT molecular complexity index is 861. The number of carbonyl (C=O) groups excluding carboxylic acids is 2. The molecular formula is C20H24ClN3O3. The molecule has 2 heterocycles. The molecule has 0 radical (unpaired) electrons. The molecule has 2 aromatic heterocycles. The zero-order valence-corrected chi connectivity index (χ0v) is 16.3. The van der Waals surface area contributed by atoms with Crippen LogP contribution in [-0.2, 0) is 14.3 Å². The normalized spacial score (nSPS) is 22.9. The highest BCUT2D eigenvalue weighted by atomic mass is 35.5. The molecule has 0 spiro atoms. The van der Waals surface area contributed by atoms with E-state index in [1.54, 1.807) is 10.6 Å². The van der Waals surface area contributed by atoms with E-state index in [0.717, 1.165) is 12.8 Å². The lowest BCUT2D eigenvalue weighted by molar-refractivity contribution is -0.144. The molecule has 1 aliphatic rings. The van der Waals surface area contributed by atoms with Crippen LogP contribution in [0.3, 0.4) is 0 Å². The van der Waals surface area contributed by atoms with Gasteiger partial charge in [0.1, 0.15) is 5.65 Å². The number of aromatic nitrogens is 2. The number of carbonyl (C=O) groups is 2. The molecule has 1 fully saturated rings. The van der Waals surface area contributed by atoms with Gasteiger partial charge in [0.25, 0.3) is 5.91 Å². The van der Waals surface area contributed by atoms with E-state index in [4.69, 9.17) is 16.3 Å². The van der Waals surface area contributed by atoms with Crippen molar-refractivity contribution in [2.24, 2.45) is 11.8 Å². The third kappa shape index (κ3) is 4.69. The number of ether oxygens (including phenoxy) is 1. The molecule has 1 N–H and O–H groups in total. The lowest BCUT2D eigenvalue weighted by Crippen LogP contribution is -2.45. The first kappa shape index (κ1) is 19.4. The van der Waals surface area contributed by atoms with E-state index in [9.17, 15) is 9.59 Å². The largest absolute Gasteiger partial charge is 0.452 e. The Kier molecular flexibility index (Phi) is 6.16. The van der Waals surface area contributed by atoms with E-state index in [-0.39, 0.29) is 18.6 Å². The Morgan fingerprint density at radius 2 is 2.19 bits per heavy atom. The van der Waals surface area contributed by atoms with Gasteiger partial charge in [-0.2, -0.15) is 0 Å². The summed E-state index contributed by atoms with van der Waals surface area (Å²) in [5.41, 5.74) is 1.27. The minimum Gasteiger partial charge on any atom is -0.452 e. The van der Waals surface area contributed by atoms with Crippen molar-refractivity contribution in [2.75, 3.05) is 6.61 Å². The lowest BCUT2D eigenvalue weighted by atomic mass is 9.78. The van der Waals surface area contributed by atoms with Gasteiger partial charge in [-0.3, -0.25) is 9.20 Å². The zero-order chi connectivity index (χ0) is 19.4. The van der Waals surface area contributed by atoms with Crippen molar-refractivity contribution < 1.29 is 14.3 Å². The highest BCUT2D eigenvalue weighted by molar-refractivity contribution is 6.31. The van der Waals surface area contributed by atoms with Crippen LogP contribution in [0.2, 0.25) is 5.15 Å². The number of nitrogens with one attached hydrogen (secondary N) is 1. The summed E-state index contributed by atoms with van der Waals surface area (Å²) in [6.07, 6.45) is 7.86. The average Bonchev–Trinajstić information content (AvgIpc) is 2.97. The number of hydrogen-bond donors (Lipinski definition) is 1. The van der Waals surface area contributed by atoms with Gasteiger partial charge in [-0.1, -0.05) is 44.4 Å². The molecule has 1 aliphatic carbocycles. The molecule has 7 heteroatoms. The lowest BCUT2D eigenvalue weighted by Gasteiger charge is -2.34. The fourth-order valence-electron chi connectivity index (χ4n) is 3.50. The second kappa shape index (κ2) is 8.57. The van der Waals surface area contributed by atoms with Gasteiger partial charge in [0.15, 0.2) is 11.8 Å². The van der Waals surface area contributed by atoms with Gasteiger partial charge in [0.05, 0.1) is 5.69 Å². The first-order valence-corrected chi connectivity index (χ1v) is 9.60. The van der Waals surface area contributed by atoms with Crippen LogP contribution in [0.5, 0.6) is 0 Å². The molecule has 27 heavy (non-hydrogen) atoms. The molecule has 0 saturated heterocycles. The maximum atomic E-state index is 12.1. The van der Waals surface area contributed by atoms with Gasteiger partial charge in [-0.25, -0.2) is 9.78 Å². The van der Waals surface area contributed by atoms with Crippen molar-refractivity contribution in [3.8, 4) is 0 Å². The second-order valence-electron chi connectivity index (χ2n) is 7.10. The number of esters is 1. The molecule has 3 atom stereocenters. The van der Waals surface area contributed by atoms with E-state index in [2.05, 4.69) is 24.1 Å². The molecule has 144 valence electrons. The quantitative estimate of drug-likeness (QED) is 0.627. The van der Waals surface area contributed by atoms with E-state index >= 15 is 0 Å². The summed E-state index contributed by atoms with van der Waals surface area (Å²) in [7, 11) is 0. The van der Waals surface area contributed by atoms with Crippen LogP contribution < -0.4 is 5.32 Å². The van der Waals surface area contributed by atoms with Crippen molar-refractivity contribution in [1.82, 2.24) is 14.7 Å². The van der Waals surface area contributed by atoms with E-state index in [1.807, 2.05) is 18.2 Å². The number of nitrogens with zero attached hydrogens (tertiary/aromatic N) is 2. The molecule has 3 rings (SSSR count). The smallest absolute Gasteiger partial charge is 0.331 e. The van der Waals surface area contributed by atoms with E-state index < -0.39 is 5.97 Å². The molecular weight excluding hydrogens is 366 g/mol. The van der Waals surface area contributed by atoms with Gasteiger partial charge in [-0.15, -0.1) is 0 Å². The highest BCUT2D eigenvalue weighted by Crippen LogP contribution is 2.29. The Hall–Kier alpha value is -2.34. The first-order valence-electron chi connectivity index (χ1n) is 9.22. The molecule has 0 aliphatic heterocycles. The summed E-state index contributed by atoms with van der Waals surface area (Å²) < 4.78 is 6.82. The first-order chi connectivity index (χ1) is 13.0. The SMILES string of the molecule is C[C@@H]1[C@H](C)CCC[C@@H]1NC(=O)COC(=O)/C=C/c1c(Cl)nc2ccccn12. The van der Waals surface area contributed by atoms with Gasteiger partial charge < -0.3 is 10.1 Å². The summed E-state index contributed by atoms with van der Waals surface area (Å²) in [5, 5.41) is 3.28. The number of pyridine rings is 1. The van der Waals surface area contributed by atoms with Crippen molar-refractivity contribution in [1.29, 1.82) is 0 Å². The van der Waals surface area contributed by atoms with Crippen LogP contribution >= 0.6 is 11.6 Å². The van der Waals surface area contributed by atoms with Gasteiger partial charge in [-0.05, 0) is 36.5 Å². The molecule has 0 bridgehead atoms. The molecule has 6 nitrogen and oxygen atoms in total. The molecule has 0 unspecified atom stereocenters. The van der Waals surface area contributed by atoms with Crippen molar-refractivity contribution in [3.05, 3.63) is 41.3 Å². The molecule has 2 aromatic rings. The third-order valence-electron chi connectivity index (χ3n) is 5.30. The fraction of sp³-hybridized carbons (Fsp3) is 0.450. The number of halogens is 1. The summed E-state index contributed by atoms with van der Waals surface area (Å²) in [6.45, 7) is 4.07. The minimum absolute atomic E-state index is 0.146. The Labute approximate surface area is 163 Å². The highest BCUT2D eigenvalue weighted by Gasteiger charge is 2.28. The maximum absolute atomic E-state index is 12.1. The topological polar surface area (TPSA) is 72.7 Å². The monoisotopic (exact) mass is 389 g/mol. The minimum atomic E-state index is -0.600. The van der Waals surface area contributed by atoms with Crippen molar-refractivity contribution in [3.63, 3.8) is 0 Å². The maximum Gasteiger partial charge on any atom is 0.331 e. The van der Waals surface area contributed by atoms with Crippen LogP contribution in [0.15, 0.2) is 30.5 Å². The number of rotatable bonds is 5. The van der Waals surface area contributed by atoms with E-state index in [1.165, 1.54) is 18.6 Å². The fourth-order valence-corrected chi connectivity index (χ4v) is 3.74. The number of hydrogen-bond acceptors (Lipinski definition) is 4. The van der Waals surface area contributed by atoms with Crippen molar-refractivity contribution >= 4 is 35.2 Å². The standard InChI is InChI=1S/C20H24ClN3O3/c1-13-6-5-7-15(14(13)2)22-18(25)12-27-19(26)10-9-16-20(21)23-17-8-3-4-11-24(16)17/h3-4,8-11,13-15H,5-7,12H2,1-2H3,(H,22,25)/b10-9+/t13-,14-,15+/m1/s1. The molecule has 1 amide bonds. The summed E-state index contributed by atoms with van der Waals surface area (Å²) in [4.78, 5) is 28.2. The van der Waals surface area contributed by atoms with Gasteiger partial charge in [0, 0.05) is 18.3 Å². The van der Waals surface area contributed by atoms with E-state index in [0.29, 0.717) is 28.3 Å². The number of amides is 1. The predicted molar refractivity (Wildman–Crippen MR) is 104 cm³/mol. The summed E-state index contributed by atoms with van der Waals surface area (Å²) >= 11 is 6.11. The predicted octanol–water partition coefficient (Wildman–Crippen LogP) is 3.49. The van der Waals surface area contributed by atoms with Crippen molar-refractivity contribution in [2.45, 2.75) is 39.2 Å². The molecule has 0 aromatic carbocycles. The zero-order valence-electron chi connectivity index (χ0n) is 15.5. The van der Waals surface area contributed by atoms with Gasteiger partial charge >= 0.3 is 5.97 Å². The number of imidazole rings is 1. The van der Waals surface area contributed by atoms with Crippen LogP contribution in [0.25, 0.3) is 11.7 Å². The van der Waals surface area contributed by atoms with Crippen LogP contribution in [0.1, 0.15) is 38.8 Å². The second-order valence-corrected chi connectivity index (χ2v) is 7.46. The van der Waals surface area contributed by atoms with Crippen LogP contribution in [0.4, 0.5) is 0 Å². The number of fused-ring (bicyclic) bond motifs is 1. The van der Waals surface area contributed by atoms with Crippen LogP contribution in [-0.4, -0.2) is 33.9 Å². The summed E-state index contributed by atoms with van der Waals surface area (Å²) in [5.74, 6) is 0.146.